The average Bonchev–Trinajstić information content (AvgIpc) is 3.00. The largest absolute Gasteiger partial charge is 0.309 e. The lowest BCUT2D eigenvalue weighted by atomic mass is 10.2. The molecular formula is C13H13ClN2S. The second-order valence-corrected chi connectivity index (χ2v) is 5.53. The molecular weight excluding hydrogens is 252 g/mol. The lowest BCUT2D eigenvalue weighted by Crippen LogP contribution is -2.12. The van der Waals surface area contributed by atoms with Crippen molar-refractivity contribution in [3.63, 3.8) is 0 Å². The molecule has 0 radical (unpaired) electrons. The summed E-state index contributed by atoms with van der Waals surface area (Å²) < 4.78 is 0. The molecule has 0 aliphatic carbocycles. The predicted octanol–water partition coefficient (Wildman–Crippen LogP) is 3.89. The molecule has 2 nitrogen and oxygen atoms in total. The number of benzene rings is 1. The molecule has 1 aliphatic heterocycles. The Morgan fingerprint density at radius 3 is 2.82 bits per heavy atom. The monoisotopic (exact) mass is 264 g/mol. The van der Waals surface area contributed by atoms with Crippen LogP contribution in [0.15, 0.2) is 29.6 Å². The Bertz CT molecular complexity index is 500. The molecule has 17 heavy (non-hydrogen) atoms. The first-order valence-electron chi connectivity index (χ1n) is 5.78. The topological polar surface area (TPSA) is 24.9 Å². The van der Waals surface area contributed by atoms with Gasteiger partial charge in [0.25, 0.3) is 0 Å². The van der Waals surface area contributed by atoms with Gasteiger partial charge in [0.05, 0.1) is 11.7 Å². The molecule has 0 spiro atoms. The van der Waals surface area contributed by atoms with Crippen molar-refractivity contribution in [3.8, 4) is 10.6 Å². The number of hydrogen-bond acceptors (Lipinski definition) is 3. The fourth-order valence-corrected chi connectivity index (χ4v) is 3.11. The van der Waals surface area contributed by atoms with E-state index in [2.05, 4.69) is 10.7 Å². The molecule has 1 saturated heterocycles. The van der Waals surface area contributed by atoms with Crippen LogP contribution in [0.4, 0.5) is 0 Å². The molecule has 0 saturated carbocycles. The molecule has 1 aromatic heterocycles. The quantitative estimate of drug-likeness (QED) is 0.890. The van der Waals surface area contributed by atoms with Gasteiger partial charge < -0.3 is 5.32 Å². The van der Waals surface area contributed by atoms with E-state index in [-0.39, 0.29) is 0 Å². The van der Waals surface area contributed by atoms with Gasteiger partial charge in [0.15, 0.2) is 0 Å². The maximum atomic E-state index is 5.88. The summed E-state index contributed by atoms with van der Waals surface area (Å²) in [6.45, 7) is 1.11. The number of halogens is 1. The van der Waals surface area contributed by atoms with E-state index < -0.39 is 0 Å². The molecule has 0 unspecified atom stereocenters. The second-order valence-electron chi connectivity index (χ2n) is 4.23. The third-order valence-corrected chi connectivity index (χ3v) is 4.19. The fourth-order valence-electron chi connectivity index (χ4n) is 2.11. The van der Waals surface area contributed by atoms with Crippen LogP contribution in [0.3, 0.4) is 0 Å². The number of thiazole rings is 1. The van der Waals surface area contributed by atoms with E-state index in [1.54, 1.807) is 11.3 Å². The summed E-state index contributed by atoms with van der Waals surface area (Å²) in [6.07, 6.45) is 2.45. The highest BCUT2D eigenvalue weighted by atomic mass is 35.5. The number of nitrogens with zero attached hydrogens (tertiary/aromatic N) is 1. The van der Waals surface area contributed by atoms with Gasteiger partial charge in [0, 0.05) is 16.0 Å². The van der Waals surface area contributed by atoms with E-state index in [1.807, 2.05) is 24.3 Å². The van der Waals surface area contributed by atoms with Gasteiger partial charge in [-0.3, -0.25) is 0 Å². The zero-order valence-corrected chi connectivity index (χ0v) is 10.9. The van der Waals surface area contributed by atoms with Gasteiger partial charge >= 0.3 is 0 Å². The van der Waals surface area contributed by atoms with Crippen molar-refractivity contribution in [3.05, 3.63) is 40.4 Å². The lowest BCUT2D eigenvalue weighted by molar-refractivity contribution is 0.632. The van der Waals surface area contributed by atoms with Crippen molar-refractivity contribution >= 4 is 22.9 Å². The molecule has 2 heterocycles. The molecule has 4 heteroatoms. The van der Waals surface area contributed by atoms with Crippen LogP contribution < -0.4 is 5.32 Å². The second kappa shape index (κ2) is 4.77. The normalized spacial score (nSPS) is 19.7. The van der Waals surface area contributed by atoms with Gasteiger partial charge in [-0.25, -0.2) is 4.98 Å². The Labute approximate surface area is 110 Å². The van der Waals surface area contributed by atoms with E-state index in [4.69, 9.17) is 16.6 Å². The molecule has 88 valence electrons. The zero-order valence-electron chi connectivity index (χ0n) is 9.32. The molecule has 0 amide bonds. The van der Waals surface area contributed by atoms with Crippen LogP contribution in [-0.2, 0) is 0 Å². The van der Waals surface area contributed by atoms with Crippen LogP contribution in [0.2, 0.25) is 5.02 Å². The molecule has 1 aromatic carbocycles. The van der Waals surface area contributed by atoms with Crippen LogP contribution in [0, 0.1) is 0 Å². The van der Waals surface area contributed by atoms with Crippen LogP contribution in [0.5, 0.6) is 0 Å². The summed E-state index contributed by atoms with van der Waals surface area (Å²) in [6, 6.07) is 8.31. The Morgan fingerprint density at radius 1 is 1.29 bits per heavy atom. The van der Waals surface area contributed by atoms with Crippen molar-refractivity contribution < 1.29 is 0 Å². The van der Waals surface area contributed by atoms with Gasteiger partial charge in [0.1, 0.15) is 5.01 Å². The summed E-state index contributed by atoms with van der Waals surface area (Å²) in [7, 11) is 0. The van der Waals surface area contributed by atoms with E-state index in [1.165, 1.54) is 18.5 Å². The lowest BCUT2D eigenvalue weighted by Gasteiger charge is -2.05. The van der Waals surface area contributed by atoms with Crippen molar-refractivity contribution in [1.29, 1.82) is 0 Å². The molecule has 2 aromatic rings. The maximum Gasteiger partial charge on any atom is 0.123 e. The first-order chi connectivity index (χ1) is 8.33. The number of hydrogen-bond donors (Lipinski definition) is 1. The van der Waals surface area contributed by atoms with E-state index in [0.717, 1.165) is 22.1 Å². The minimum atomic E-state index is 0.451. The summed E-state index contributed by atoms with van der Waals surface area (Å²) in [5.74, 6) is 0. The third-order valence-electron chi connectivity index (χ3n) is 3.03. The highest BCUT2D eigenvalue weighted by molar-refractivity contribution is 7.13. The smallest absolute Gasteiger partial charge is 0.123 e. The van der Waals surface area contributed by atoms with Crippen molar-refractivity contribution in [2.24, 2.45) is 0 Å². The summed E-state index contributed by atoms with van der Waals surface area (Å²) in [5, 5.41) is 7.47. The maximum absolute atomic E-state index is 5.88. The van der Waals surface area contributed by atoms with Crippen molar-refractivity contribution in [2.45, 2.75) is 18.9 Å². The van der Waals surface area contributed by atoms with Crippen molar-refractivity contribution in [2.75, 3.05) is 6.54 Å². The molecule has 0 bridgehead atoms. The van der Waals surface area contributed by atoms with Crippen LogP contribution in [0.25, 0.3) is 10.6 Å². The highest BCUT2D eigenvalue weighted by Gasteiger charge is 2.19. The predicted molar refractivity (Wildman–Crippen MR) is 72.5 cm³/mol. The summed E-state index contributed by atoms with van der Waals surface area (Å²) in [5.41, 5.74) is 2.32. The number of aromatic nitrogens is 1. The minimum absolute atomic E-state index is 0.451. The molecule has 1 N–H and O–H groups in total. The minimum Gasteiger partial charge on any atom is -0.309 e. The first-order valence-corrected chi connectivity index (χ1v) is 7.03. The zero-order chi connectivity index (χ0) is 11.7. The Morgan fingerprint density at radius 2 is 2.12 bits per heavy atom. The van der Waals surface area contributed by atoms with Gasteiger partial charge in [0.2, 0.25) is 0 Å². The molecule has 3 rings (SSSR count). The SMILES string of the molecule is Clc1ccc(-c2nc([C@@H]3CCCN3)cs2)cc1. The van der Waals surface area contributed by atoms with E-state index >= 15 is 0 Å². The molecule has 1 aliphatic rings. The Hall–Kier alpha value is -0.900. The average molecular weight is 265 g/mol. The Kier molecular flexibility index (Phi) is 3.14. The fraction of sp³-hybridized carbons (Fsp3) is 0.308. The highest BCUT2D eigenvalue weighted by Crippen LogP contribution is 2.30. The Balaban J connectivity index is 1.86. The van der Waals surface area contributed by atoms with E-state index in [9.17, 15) is 0 Å². The summed E-state index contributed by atoms with van der Waals surface area (Å²) >= 11 is 7.58. The van der Waals surface area contributed by atoms with Gasteiger partial charge in [-0.1, -0.05) is 23.7 Å². The van der Waals surface area contributed by atoms with Gasteiger partial charge in [-0.05, 0) is 31.5 Å². The van der Waals surface area contributed by atoms with Gasteiger partial charge in [-0.2, -0.15) is 0 Å². The van der Waals surface area contributed by atoms with Crippen molar-refractivity contribution in [1.82, 2.24) is 10.3 Å². The standard InChI is InChI=1S/C13H13ClN2S/c14-10-5-3-9(4-6-10)13-16-12(8-17-13)11-2-1-7-15-11/h3-6,8,11,15H,1-2,7H2/t11-/m0/s1. The molecule has 1 fully saturated rings. The number of rotatable bonds is 2. The third kappa shape index (κ3) is 2.37. The number of nitrogens with one attached hydrogen (secondary N) is 1. The van der Waals surface area contributed by atoms with E-state index in [0.29, 0.717) is 6.04 Å². The van der Waals surface area contributed by atoms with Crippen LogP contribution in [-0.4, -0.2) is 11.5 Å². The van der Waals surface area contributed by atoms with Crippen LogP contribution in [0.1, 0.15) is 24.6 Å². The molecule has 1 atom stereocenters. The van der Waals surface area contributed by atoms with Crippen LogP contribution >= 0.6 is 22.9 Å². The van der Waals surface area contributed by atoms with Gasteiger partial charge in [-0.15, -0.1) is 11.3 Å². The first kappa shape index (κ1) is 11.2. The summed E-state index contributed by atoms with van der Waals surface area (Å²) in [4.78, 5) is 4.71.